The number of piperidine rings is 1. The minimum absolute atomic E-state index is 0.272. The Morgan fingerprint density at radius 3 is 2.48 bits per heavy atom. The van der Waals surface area contributed by atoms with Crippen LogP contribution in [0.15, 0.2) is 24.3 Å². The fourth-order valence-corrected chi connectivity index (χ4v) is 3.07. The second kappa shape index (κ2) is 5.93. The molecule has 1 aliphatic heterocycles. The lowest BCUT2D eigenvalue weighted by Gasteiger charge is -2.30. The highest BCUT2D eigenvalue weighted by Gasteiger charge is 2.24. The first kappa shape index (κ1) is 15.6. The van der Waals surface area contributed by atoms with Crippen LogP contribution in [0.2, 0.25) is 0 Å². The van der Waals surface area contributed by atoms with Gasteiger partial charge in [-0.15, -0.1) is 0 Å². The van der Waals surface area contributed by atoms with E-state index in [0.29, 0.717) is 18.8 Å². The Hall–Kier alpha value is -1.76. The quantitative estimate of drug-likeness (QED) is 0.925. The van der Waals surface area contributed by atoms with E-state index in [1.165, 1.54) is 22.5 Å². The van der Waals surface area contributed by atoms with Crippen LogP contribution in [0.5, 0.6) is 0 Å². The molecule has 0 saturated carbocycles. The Morgan fingerprint density at radius 2 is 1.95 bits per heavy atom. The molecule has 0 spiro atoms. The zero-order valence-electron chi connectivity index (χ0n) is 12.2. The molecule has 1 aromatic carbocycles. The number of hydrogen-bond donors (Lipinski definition) is 1. The summed E-state index contributed by atoms with van der Waals surface area (Å²) in [5.74, 6) is 0.272. The van der Waals surface area contributed by atoms with Crippen molar-refractivity contribution < 1.29 is 18.3 Å². The van der Waals surface area contributed by atoms with Gasteiger partial charge in [-0.2, -0.15) is 0 Å². The van der Waals surface area contributed by atoms with Gasteiger partial charge in [0.2, 0.25) is 10.0 Å². The number of carboxylic acid groups (broad SMARTS) is 1. The predicted molar refractivity (Wildman–Crippen MR) is 81.3 cm³/mol. The summed E-state index contributed by atoms with van der Waals surface area (Å²) in [6, 6.07) is 7.45. The molecule has 116 valence electrons. The van der Waals surface area contributed by atoms with E-state index < -0.39 is 16.1 Å². The molecule has 0 aliphatic carbocycles. The number of sulfonamides is 1. The van der Waals surface area contributed by atoms with Crippen molar-refractivity contribution in [1.82, 2.24) is 4.90 Å². The molecule has 1 N–H and O–H groups in total. The highest BCUT2D eigenvalue weighted by atomic mass is 32.2. The standard InChI is InChI=1S/C14H20N2O4S/c1-15(21(2,19)20)13-5-3-4-12(10-13)11-6-8-16(9-7-11)14(17)18/h3-5,10-11H,6-9H2,1-2H3,(H,17,18). The number of amides is 1. The van der Waals surface area contributed by atoms with Gasteiger partial charge < -0.3 is 10.0 Å². The summed E-state index contributed by atoms with van der Waals surface area (Å²) in [5.41, 5.74) is 1.70. The number of nitrogens with zero attached hydrogens (tertiary/aromatic N) is 2. The maximum Gasteiger partial charge on any atom is 0.407 e. The number of likely N-dealkylation sites (tertiary alicyclic amines) is 1. The van der Waals surface area contributed by atoms with Crippen molar-refractivity contribution in [2.24, 2.45) is 0 Å². The average molecular weight is 312 g/mol. The summed E-state index contributed by atoms with van der Waals surface area (Å²) in [6.07, 6.45) is 1.82. The molecule has 0 aromatic heterocycles. The van der Waals surface area contributed by atoms with E-state index in [-0.39, 0.29) is 5.92 Å². The van der Waals surface area contributed by atoms with E-state index in [0.717, 1.165) is 18.4 Å². The molecule has 2 rings (SSSR count). The van der Waals surface area contributed by atoms with Crippen LogP contribution in [-0.2, 0) is 10.0 Å². The van der Waals surface area contributed by atoms with Crippen LogP contribution >= 0.6 is 0 Å². The van der Waals surface area contributed by atoms with E-state index in [2.05, 4.69) is 0 Å². The Morgan fingerprint density at radius 1 is 1.33 bits per heavy atom. The largest absolute Gasteiger partial charge is 0.465 e. The summed E-state index contributed by atoms with van der Waals surface area (Å²) < 4.78 is 24.4. The molecule has 7 heteroatoms. The first-order valence-electron chi connectivity index (χ1n) is 6.81. The van der Waals surface area contributed by atoms with Gasteiger partial charge in [0.25, 0.3) is 0 Å². The Kier molecular flexibility index (Phi) is 4.41. The molecule has 0 atom stereocenters. The van der Waals surface area contributed by atoms with E-state index in [1.54, 1.807) is 6.07 Å². The second-order valence-electron chi connectivity index (χ2n) is 5.37. The SMILES string of the molecule is CN(c1cccc(C2CCN(C(=O)O)CC2)c1)S(C)(=O)=O. The monoisotopic (exact) mass is 312 g/mol. The minimum atomic E-state index is -3.28. The summed E-state index contributed by atoms with van der Waals surface area (Å²) in [6.45, 7) is 1.04. The van der Waals surface area contributed by atoms with E-state index in [9.17, 15) is 13.2 Å². The van der Waals surface area contributed by atoms with Gasteiger partial charge in [-0.3, -0.25) is 4.31 Å². The topological polar surface area (TPSA) is 77.9 Å². The van der Waals surface area contributed by atoms with Gasteiger partial charge >= 0.3 is 6.09 Å². The smallest absolute Gasteiger partial charge is 0.407 e. The molecule has 6 nitrogen and oxygen atoms in total. The first-order valence-corrected chi connectivity index (χ1v) is 8.65. The molecular formula is C14H20N2O4S. The van der Waals surface area contributed by atoms with Gasteiger partial charge in [-0.05, 0) is 36.5 Å². The van der Waals surface area contributed by atoms with E-state index in [4.69, 9.17) is 5.11 Å². The fraction of sp³-hybridized carbons (Fsp3) is 0.500. The van der Waals surface area contributed by atoms with Gasteiger partial charge in [-0.1, -0.05) is 12.1 Å². The Labute approximate surface area is 125 Å². The van der Waals surface area contributed by atoms with Crippen molar-refractivity contribution in [3.05, 3.63) is 29.8 Å². The number of rotatable bonds is 3. The van der Waals surface area contributed by atoms with Crippen molar-refractivity contribution in [3.8, 4) is 0 Å². The Bertz CT molecular complexity index is 622. The molecular weight excluding hydrogens is 292 g/mol. The fourth-order valence-electron chi connectivity index (χ4n) is 2.57. The van der Waals surface area contributed by atoms with Gasteiger partial charge in [0.05, 0.1) is 11.9 Å². The van der Waals surface area contributed by atoms with Crippen LogP contribution < -0.4 is 4.31 Å². The van der Waals surface area contributed by atoms with E-state index in [1.807, 2.05) is 18.2 Å². The van der Waals surface area contributed by atoms with Crippen LogP contribution in [0, 0.1) is 0 Å². The minimum Gasteiger partial charge on any atom is -0.465 e. The van der Waals surface area contributed by atoms with Crippen LogP contribution in [0.25, 0.3) is 0 Å². The number of carbonyl (C=O) groups is 1. The van der Waals surface area contributed by atoms with Crippen molar-refractivity contribution in [3.63, 3.8) is 0 Å². The molecule has 1 saturated heterocycles. The average Bonchev–Trinajstić information content (AvgIpc) is 2.45. The van der Waals surface area contributed by atoms with Crippen molar-refractivity contribution in [1.29, 1.82) is 0 Å². The third kappa shape index (κ3) is 3.66. The number of anilines is 1. The summed E-state index contributed by atoms with van der Waals surface area (Å²) in [7, 11) is -1.75. The summed E-state index contributed by atoms with van der Waals surface area (Å²) in [5, 5.41) is 8.95. The summed E-state index contributed by atoms with van der Waals surface area (Å²) in [4.78, 5) is 12.3. The highest BCUT2D eigenvalue weighted by Crippen LogP contribution is 2.30. The molecule has 1 fully saturated rings. The molecule has 0 radical (unpaired) electrons. The summed E-state index contributed by atoms with van der Waals surface area (Å²) >= 11 is 0. The number of benzene rings is 1. The van der Waals surface area contributed by atoms with Crippen molar-refractivity contribution >= 4 is 21.8 Å². The lowest BCUT2D eigenvalue weighted by molar-refractivity contribution is 0.132. The van der Waals surface area contributed by atoms with Crippen LogP contribution in [0.3, 0.4) is 0 Å². The highest BCUT2D eigenvalue weighted by molar-refractivity contribution is 7.92. The normalized spacial score (nSPS) is 16.8. The third-order valence-electron chi connectivity index (χ3n) is 3.97. The van der Waals surface area contributed by atoms with Gasteiger partial charge in [0, 0.05) is 20.1 Å². The van der Waals surface area contributed by atoms with E-state index >= 15 is 0 Å². The van der Waals surface area contributed by atoms with Crippen LogP contribution in [0.4, 0.5) is 10.5 Å². The molecule has 1 amide bonds. The second-order valence-corrected chi connectivity index (χ2v) is 7.38. The van der Waals surface area contributed by atoms with Crippen LogP contribution in [-0.4, -0.2) is 50.9 Å². The maximum atomic E-state index is 11.6. The van der Waals surface area contributed by atoms with Gasteiger partial charge in [-0.25, -0.2) is 13.2 Å². The molecule has 0 unspecified atom stereocenters. The first-order chi connectivity index (χ1) is 9.79. The zero-order valence-corrected chi connectivity index (χ0v) is 13.0. The molecule has 0 bridgehead atoms. The third-order valence-corrected chi connectivity index (χ3v) is 5.17. The van der Waals surface area contributed by atoms with Gasteiger partial charge in [0.1, 0.15) is 0 Å². The van der Waals surface area contributed by atoms with Crippen molar-refractivity contribution in [2.75, 3.05) is 30.7 Å². The zero-order chi connectivity index (χ0) is 15.6. The lowest BCUT2D eigenvalue weighted by Crippen LogP contribution is -2.36. The molecule has 1 heterocycles. The maximum absolute atomic E-state index is 11.6. The molecule has 21 heavy (non-hydrogen) atoms. The Balaban J connectivity index is 2.14. The number of hydrogen-bond acceptors (Lipinski definition) is 3. The molecule has 1 aliphatic rings. The predicted octanol–water partition coefficient (Wildman–Crippen LogP) is 1.94. The molecule has 1 aromatic rings. The van der Waals surface area contributed by atoms with Gasteiger partial charge in [0.15, 0.2) is 0 Å². The lowest BCUT2D eigenvalue weighted by atomic mass is 9.89. The van der Waals surface area contributed by atoms with Crippen molar-refractivity contribution in [2.45, 2.75) is 18.8 Å². The van der Waals surface area contributed by atoms with Crippen LogP contribution in [0.1, 0.15) is 24.3 Å².